The maximum atomic E-state index is 13.1. The molecule has 7 nitrogen and oxygen atoms in total. The van der Waals surface area contributed by atoms with Gasteiger partial charge in [-0.25, -0.2) is 0 Å². The van der Waals surface area contributed by atoms with Crippen molar-refractivity contribution in [1.29, 1.82) is 0 Å². The highest BCUT2D eigenvalue weighted by Crippen LogP contribution is 2.35. The van der Waals surface area contributed by atoms with Crippen LogP contribution in [0.25, 0.3) is 5.57 Å². The van der Waals surface area contributed by atoms with Crippen molar-refractivity contribution in [2.24, 2.45) is 0 Å². The molecule has 0 spiro atoms. The van der Waals surface area contributed by atoms with Crippen LogP contribution in [-0.4, -0.2) is 44.1 Å². The van der Waals surface area contributed by atoms with E-state index in [1.807, 2.05) is 19.1 Å². The van der Waals surface area contributed by atoms with E-state index in [-0.39, 0.29) is 17.8 Å². The predicted octanol–water partition coefficient (Wildman–Crippen LogP) is 3.48. The minimum absolute atomic E-state index is 0.110. The quantitative estimate of drug-likeness (QED) is 0.506. The number of imide groups is 1. The fourth-order valence-corrected chi connectivity index (χ4v) is 3.22. The molecule has 0 atom stereocenters. The summed E-state index contributed by atoms with van der Waals surface area (Å²) in [7, 11) is 3.05. The molecule has 156 valence electrons. The number of ether oxygens (including phenoxy) is 3. The standard InChI is InChI=1S/C23H24N2O5/c1-5-12-25-22(26)20(15-10-11-18(28-3)19(13-15)29-4)21(23(25)27)24-16-8-7-9-17(14-16)30-6-2/h5,7-11,13-14,24H,1,6,12H2,2-4H3. The first-order chi connectivity index (χ1) is 14.5. The lowest BCUT2D eigenvalue weighted by Crippen LogP contribution is -2.32. The summed E-state index contributed by atoms with van der Waals surface area (Å²) < 4.78 is 16.2. The molecule has 0 saturated heterocycles. The molecule has 2 aromatic rings. The lowest BCUT2D eigenvalue weighted by molar-refractivity contribution is -0.136. The summed E-state index contributed by atoms with van der Waals surface area (Å²) in [5, 5.41) is 3.10. The van der Waals surface area contributed by atoms with Crippen LogP contribution in [0.1, 0.15) is 12.5 Å². The van der Waals surface area contributed by atoms with Crippen molar-refractivity contribution in [3.63, 3.8) is 0 Å². The summed E-state index contributed by atoms with van der Waals surface area (Å²) >= 11 is 0. The fourth-order valence-electron chi connectivity index (χ4n) is 3.22. The Morgan fingerprint density at radius 2 is 1.80 bits per heavy atom. The molecule has 0 unspecified atom stereocenters. The van der Waals surface area contributed by atoms with Gasteiger partial charge in [-0.05, 0) is 36.8 Å². The Labute approximate surface area is 175 Å². The lowest BCUT2D eigenvalue weighted by Gasteiger charge is -2.13. The van der Waals surface area contributed by atoms with E-state index in [1.165, 1.54) is 20.3 Å². The zero-order chi connectivity index (χ0) is 21.7. The number of nitrogens with zero attached hydrogens (tertiary/aromatic N) is 1. The minimum Gasteiger partial charge on any atom is -0.494 e. The Morgan fingerprint density at radius 1 is 1.03 bits per heavy atom. The van der Waals surface area contributed by atoms with E-state index >= 15 is 0 Å². The van der Waals surface area contributed by atoms with Gasteiger partial charge < -0.3 is 19.5 Å². The third-order valence-electron chi connectivity index (χ3n) is 4.57. The Morgan fingerprint density at radius 3 is 2.47 bits per heavy atom. The minimum atomic E-state index is -0.425. The second kappa shape index (κ2) is 9.17. The van der Waals surface area contributed by atoms with Gasteiger partial charge in [0.2, 0.25) is 0 Å². The van der Waals surface area contributed by atoms with Crippen LogP contribution in [0.5, 0.6) is 17.2 Å². The second-order valence-corrected chi connectivity index (χ2v) is 6.42. The molecule has 2 amide bonds. The lowest BCUT2D eigenvalue weighted by atomic mass is 10.0. The predicted molar refractivity (Wildman–Crippen MR) is 115 cm³/mol. The number of carbonyl (C=O) groups excluding carboxylic acids is 2. The largest absolute Gasteiger partial charge is 0.494 e. The molecule has 0 saturated carbocycles. The van der Waals surface area contributed by atoms with Crippen LogP contribution in [0, 0.1) is 0 Å². The Balaban J connectivity index is 2.09. The Kier molecular flexibility index (Phi) is 6.41. The number of rotatable bonds is 9. The molecule has 3 rings (SSSR count). The van der Waals surface area contributed by atoms with E-state index < -0.39 is 11.8 Å². The van der Waals surface area contributed by atoms with Gasteiger partial charge in [0.15, 0.2) is 11.5 Å². The van der Waals surface area contributed by atoms with Crippen LogP contribution in [0.2, 0.25) is 0 Å². The van der Waals surface area contributed by atoms with Crippen LogP contribution < -0.4 is 19.5 Å². The van der Waals surface area contributed by atoms with Crippen molar-refractivity contribution in [2.75, 3.05) is 32.7 Å². The van der Waals surface area contributed by atoms with Crippen LogP contribution in [-0.2, 0) is 9.59 Å². The first-order valence-electron chi connectivity index (χ1n) is 9.47. The first kappa shape index (κ1) is 21.0. The van der Waals surface area contributed by atoms with Gasteiger partial charge in [-0.2, -0.15) is 0 Å². The molecule has 7 heteroatoms. The number of hydrogen-bond acceptors (Lipinski definition) is 6. The average molecular weight is 408 g/mol. The Hall–Kier alpha value is -3.74. The molecule has 30 heavy (non-hydrogen) atoms. The molecule has 1 N–H and O–H groups in total. The second-order valence-electron chi connectivity index (χ2n) is 6.42. The van der Waals surface area contributed by atoms with Crippen LogP contribution in [0.3, 0.4) is 0 Å². The molecule has 0 aliphatic carbocycles. The SMILES string of the molecule is C=CCN1C(=O)C(Nc2cccc(OCC)c2)=C(c2ccc(OC)c(OC)c2)C1=O. The summed E-state index contributed by atoms with van der Waals surface area (Å²) in [6.45, 7) is 6.17. The molecule has 0 bridgehead atoms. The van der Waals surface area contributed by atoms with Crippen LogP contribution >= 0.6 is 0 Å². The highest BCUT2D eigenvalue weighted by Gasteiger charge is 2.38. The fraction of sp³-hybridized carbons (Fsp3) is 0.217. The summed E-state index contributed by atoms with van der Waals surface area (Å²) in [4.78, 5) is 27.3. The summed E-state index contributed by atoms with van der Waals surface area (Å²) in [6.07, 6.45) is 1.51. The Bertz CT molecular complexity index is 1010. The third kappa shape index (κ3) is 4.00. The van der Waals surface area contributed by atoms with E-state index in [0.29, 0.717) is 35.1 Å². The number of carbonyl (C=O) groups is 2. The zero-order valence-electron chi connectivity index (χ0n) is 17.2. The smallest absolute Gasteiger partial charge is 0.278 e. The first-order valence-corrected chi connectivity index (χ1v) is 9.47. The van der Waals surface area contributed by atoms with Gasteiger partial charge in [-0.1, -0.05) is 18.2 Å². The number of nitrogens with one attached hydrogen (secondary N) is 1. The van der Waals surface area contributed by atoms with Gasteiger partial charge in [0.25, 0.3) is 11.8 Å². The van der Waals surface area contributed by atoms with Crippen LogP contribution in [0.15, 0.2) is 60.8 Å². The van der Waals surface area contributed by atoms with Crippen molar-refractivity contribution in [3.8, 4) is 17.2 Å². The van der Waals surface area contributed by atoms with Crippen molar-refractivity contribution < 1.29 is 23.8 Å². The van der Waals surface area contributed by atoms with Crippen molar-refractivity contribution in [3.05, 3.63) is 66.4 Å². The van der Waals surface area contributed by atoms with E-state index in [1.54, 1.807) is 30.3 Å². The van der Waals surface area contributed by atoms with Crippen LogP contribution in [0.4, 0.5) is 5.69 Å². The maximum absolute atomic E-state index is 13.1. The molecular formula is C23H24N2O5. The number of hydrogen-bond donors (Lipinski definition) is 1. The highest BCUT2D eigenvalue weighted by molar-refractivity contribution is 6.36. The van der Waals surface area contributed by atoms with Gasteiger partial charge in [0.1, 0.15) is 11.4 Å². The normalized spacial score (nSPS) is 13.5. The van der Waals surface area contributed by atoms with E-state index in [0.717, 1.165) is 4.90 Å². The average Bonchev–Trinajstić information content (AvgIpc) is 2.98. The van der Waals surface area contributed by atoms with Gasteiger partial charge in [-0.15, -0.1) is 6.58 Å². The number of methoxy groups -OCH3 is 2. The maximum Gasteiger partial charge on any atom is 0.278 e. The van der Waals surface area contributed by atoms with E-state index in [2.05, 4.69) is 11.9 Å². The molecule has 1 heterocycles. The van der Waals surface area contributed by atoms with Gasteiger partial charge >= 0.3 is 0 Å². The summed E-state index contributed by atoms with van der Waals surface area (Å²) in [5.74, 6) is 0.820. The van der Waals surface area contributed by atoms with Crippen molar-refractivity contribution >= 4 is 23.1 Å². The van der Waals surface area contributed by atoms with Gasteiger partial charge in [0.05, 0.1) is 26.4 Å². The molecule has 1 aliphatic rings. The molecule has 2 aromatic carbocycles. The van der Waals surface area contributed by atoms with E-state index in [9.17, 15) is 9.59 Å². The van der Waals surface area contributed by atoms with Crippen molar-refractivity contribution in [1.82, 2.24) is 4.90 Å². The number of benzene rings is 2. The molecule has 1 aliphatic heterocycles. The highest BCUT2D eigenvalue weighted by atomic mass is 16.5. The zero-order valence-corrected chi connectivity index (χ0v) is 17.2. The summed E-state index contributed by atoms with van der Waals surface area (Å²) in [5.41, 5.74) is 1.61. The molecule has 0 radical (unpaired) electrons. The number of amides is 2. The molecule has 0 aromatic heterocycles. The molecular weight excluding hydrogens is 384 g/mol. The third-order valence-corrected chi connectivity index (χ3v) is 4.57. The van der Waals surface area contributed by atoms with E-state index in [4.69, 9.17) is 14.2 Å². The van der Waals surface area contributed by atoms with Gasteiger partial charge in [0, 0.05) is 18.3 Å². The van der Waals surface area contributed by atoms with Gasteiger partial charge in [-0.3, -0.25) is 14.5 Å². The molecule has 0 fully saturated rings. The topological polar surface area (TPSA) is 77.1 Å². The monoisotopic (exact) mass is 408 g/mol. The number of anilines is 1. The van der Waals surface area contributed by atoms with Crippen molar-refractivity contribution in [2.45, 2.75) is 6.92 Å². The summed E-state index contributed by atoms with van der Waals surface area (Å²) in [6, 6.07) is 12.3.